The highest BCUT2D eigenvalue weighted by atomic mass is 16.5. The zero-order chi connectivity index (χ0) is 14.1. The van der Waals surface area contributed by atoms with E-state index in [1.807, 2.05) is 12.1 Å². The molecule has 1 N–H and O–H groups in total. The summed E-state index contributed by atoms with van der Waals surface area (Å²) in [5, 5.41) is 3.46. The van der Waals surface area contributed by atoms with Crippen molar-refractivity contribution in [3.05, 3.63) is 23.8 Å². The fourth-order valence-electron chi connectivity index (χ4n) is 1.68. The molecule has 0 aliphatic heterocycles. The Kier molecular flexibility index (Phi) is 7.30. The average Bonchev–Trinajstić information content (AvgIpc) is 2.45. The van der Waals surface area contributed by atoms with E-state index in [1.165, 1.54) is 0 Å². The number of rotatable bonds is 9. The smallest absolute Gasteiger partial charge is 0.165 e. The molecule has 4 heteroatoms. The van der Waals surface area contributed by atoms with Gasteiger partial charge in [0.05, 0.1) is 13.7 Å². The van der Waals surface area contributed by atoms with Crippen LogP contribution in [0.1, 0.15) is 25.8 Å². The van der Waals surface area contributed by atoms with Gasteiger partial charge in [0.2, 0.25) is 0 Å². The topological polar surface area (TPSA) is 39.7 Å². The number of para-hydroxylation sites is 1. The third-order valence-electron chi connectivity index (χ3n) is 3.07. The molecule has 0 aliphatic rings. The molecule has 0 aromatic heterocycles. The minimum atomic E-state index is 0.484. The van der Waals surface area contributed by atoms with Gasteiger partial charge in [-0.05, 0) is 19.4 Å². The Morgan fingerprint density at radius 2 is 2.00 bits per heavy atom. The molecule has 0 heterocycles. The van der Waals surface area contributed by atoms with Crippen molar-refractivity contribution in [2.75, 3.05) is 27.4 Å². The van der Waals surface area contributed by atoms with Gasteiger partial charge in [-0.1, -0.05) is 19.1 Å². The lowest BCUT2D eigenvalue weighted by molar-refractivity contribution is 0.143. The summed E-state index contributed by atoms with van der Waals surface area (Å²) in [5.74, 6) is 1.57. The van der Waals surface area contributed by atoms with Crippen molar-refractivity contribution in [1.29, 1.82) is 0 Å². The summed E-state index contributed by atoms with van der Waals surface area (Å²) in [6, 6.07) is 6.43. The van der Waals surface area contributed by atoms with Crippen LogP contribution in [0.3, 0.4) is 0 Å². The van der Waals surface area contributed by atoms with Crippen LogP contribution in [0.25, 0.3) is 0 Å². The van der Waals surface area contributed by atoms with Crippen molar-refractivity contribution in [2.45, 2.75) is 32.9 Å². The van der Waals surface area contributed by atoms with Gasteiger partial charge in [0.25, 0.3) is 0 Å². The van der Waals surface area contributed by atoms with Gasteiger partial charge < -0.3 is 19.5 Å². The van der Waals surface area contributed by atoms with Crippen molar-refractivity contribution in [1.82, 2.24) is 5.32 Å². The molecule has 0 spiro atoms. The molecule has 108 valence electrons. The molecule has 0 bridgehead atoms. The molecule has 0 saturated carbocycles. The Labute approximate surface area is 116 Å². The lowest BCUT2D eigenvalue weighted by Crippen LogP contribution is -2.24. The maximum absolute atomic E-state index is 5.78. The molecule has 0 amide bonds. The maximum atomic E-state index is 5.78. The number of nitrogens with one attached hydrogen (secondary N) is 1. The lowest BCUT2D eigenvalue weighted by atomic mass is 10.1. The fourth-order valence-corrected chi connectivity index (χ4v) is 1.68. The third kappa shape index (κ3) is 5.09. The fraction of sp³-hybridized carbons (Fsp3) is 0.600. The second-order valence-electron chi connectivity index (χ2n) is 4.48. The number of methoxy groups -OCH3 is 2. The van der Waals surface area contributed by atoms with Crippen LogP contribution in [0, 0.1) is 0 Å². The predicted molar refractivity (Wildman–Crippen MR) is 77.0 cm³/mol. The first-order valence-electron chi connectivity index (χ1n) is 6.73. The van der Waals surface area contributed by atoms with Crippen molar-refractivity contribution in [3.8, 4) is 11.5 Å². The summed E-state index contributed by atoms with van der Waals surface area (Å²) in [4.78, 5) is 0. The van der Waals surface area contributed by atoms with Crippen LogP contribution in [0.5, 0.6) is 11.5 Å². The van der Waals surface area contributed by atoms with E-state index in [1.54, 1.807) is 14.2 Å². The molecular weight excluding hydrogens is 242 g/mol. The largest absolute Gasteiger partial charge is 0.493 e. The Hall–Kier alpha value is -1.26. The van der Waals surface area contributed by atoms with E-state index in [0.29, 0.717) is 19.3 Å². The van der Waals surface area contributed by atoms with Gasteiger partial charge in [0.15, 0.2) is 11.5 Å². The van der Waals surface area contributed by atoms with E-state index < -0.39 is 0 Å². The molecule has 1 aromatic carbocycles. The number of ether oxygens (including phenoxy) is 3. The molecule has 1 atom stereocenters. The summed E-state index contributed by atoms with van der Waals surface area (Å²) in [7, 11) is 3.32. The normalized spacial score (nSPS) is 12.2. The van der Waals surface area contributed by atoms with Gasteiger partial charge in [-0.15, -0.1) is 0 Å². The molecular formula is C15H25NO3. The molecule has 4 nitrogen and oxygen atoms in total. The number of hydrogen-bond acceptors (Lipinski definition) is 4. The summed E-state index contributed by atoms with van der Waals surface area (Å²) >= 11 is 0. The first-order valence-corrected chi connectivity index (χ1v) is 6.73. The highest BCUT2D eigenvalue weighted by molar-refractivity contribution is 5.46. The highest BCUT2D eigenvalue weighted by Gasteiger charge is 2.11. The van der Waals surface area contributed by atoms with E-state index in [4.69, 9.17) is 14.2 Å². The third-order valence-corrected chi connectivity index (χ3v) is 3.07. The van der Waals surface area contributed by atoms with Crippen LogP contribution in [-0.2, 0) is 11.3 Å². The van der Waals surface area contributed by atoms with Crippen molar-refractivity contribution < 1.29 is 14.2 Å². The predicted octanol–water partition coefficient (Wildman–Crippen LogP) is 2.61. The van der Waals surface area contributed by atoms with E-state index in [9.17, 15) is 0 Å². The minimum absolute atomic E-state index is 0.484. The van der Waals surface area contributed by atoms with Gasteiger partial charge >= 0.3 is 0 Å². The molecule has 0 aliphatic carbocycles. The summed E-state index contributed by atoms with van der Waals surface area (Å²) in [6.45, 7) is 6.20. The Morgan fingerprint density at radius 3 is 2.63 bits per heavy atom. The standard InChI is InChI=1S/C15H25NO3/c1-5-12(2)16-11-13-7-6-8-14(18-4)15(13)19-10-9-17-3/h6-8,12,16H,5,9-11H2,1-4H3. The Bertz CT molecular complexity index is 368. The lowest BCUT2D eigenvalue weighted by Gasteiger charge is -2.17. The second-order valence-corrected chi connectivity index (χ2v) is 4.48. The minimum Gasteiger partial charge on any atom is -0.493 e. The van der Waals surface area contributed by atoms with Gasteiger partial charge in [-0.25, -0.2) is 0 Å². The average molecular weight is 267 g/mol. The van der Waals surface area contributed by atoms with Gasteiger partial charge in [0.1, 0.15) is 6.61 Å². The van der Waals surface area contributed by atoms with Crippen LogP contribution >= 0.6 is 0 Å². The Morgan fingerprint density at radius 1 is 1.21 bits per heavy atom. The van der Waals surface area contributed by atoms with Crippen molar-refractivity contribution in [3.63, 3.8) is 0 Å². The molecule has 0 fully saturated rings. The molecule has 1 unspecified atom stereocenters. The number of hydrogen-bond donors (Lipinski definition) is 1. The molecule has 19 heavy (non-hydrogen) atoms. The highest BCUT2D eigenvalue weighted by Crippen LogP contribution is 2.31. The van der Waals surface area contributed by atoms with Crippen LogP contribution in [0.4, 0.5) is 0 Å². The molecule has 0 saturated heterocycles. The SMILES string of the molecule is CCC(C)NCc1cccc(OC)c1OCCOC. The zero-order valence-electron chi connectivity index (χ0n) is 12.4. The monoisotopic (exact) mass is 267 g/mol. The molecule has 1 aromatic rings. The molecule has 1 rings (SSSR count). The second kappa shape index (κ2) is 8.77. The van der Waals surface area contributed by atoms with E-state index in [2.05, 4.69) is 25.2 Å². The van der Waals surface area contributed by atoms with Crippen LogP contribution in [0.15, 0.2) is 18.2 Å². The quantitative estimate of drug-likeness (QED) is 0.698. The maximum Gasteiger partial charge on any atom is 0.165 e. The van der Waals surface area contributed by atoms with E-state index in [-0.39, 0.29) is 0 Å². The Balaban J connectivity index is 2.76. The van der Waals surface area contributed by atoms with Gasteiger partial charge in [-0.3, -0.25) is 0 Å². The van der Waals surface area contributed by atoms with Crippen LogP contribution in [0.2, 0.25) is 0 Å². The van der Waals surface area contributed by atoms with Crippen molar-refractivity contribution >= 4 is 0 Å². The summed E-state index contributed by atoms with van der Waals surface area (Å²) in [6.07, 6.45) is 1.10. The first kappa shape index (κ1) is 15.8. The van der Waals surface area contributed by atoms with Crippen LogP contribution < -0.4 is 14.8 Å². The first-order chi connectivity index (χ1) is 9.22. The van der Waals surface area contributed by atoms with Crippen LogP contribution in [-0.4, -0.2) is 33.5 Å². The number of benzene rings is 1. The van der Waals surface area contributed by atoms with Gasteiger partial charge in [-0.2, -0.15) is 0 Å². The zero-order valence-corrected chi connectivity index (χ0v) is 12.4. The van der Waals surface area contributed by atoms with E-state index in [0.717, 1.165) is 30.0 Å². The summed E-state index contributed by atoms with van der Waals surface area (Å²) in [5.41, 5.74) is 1.11. The van der Waals surface area contributed by atoms with Crippen molar-refractivity contribution in [2.24, 2.45) is 0 Å². The van der Waals surface area contributed by atoms with Gasteiger partial charge in [0, 0.05) is 25.3 Å². The summed E-state index contributed by atoms with van der Waals surface area (Å²) < 4.78 is 16.1. The van der Waals surface area contributed by atoms with E-state index >= 15 is 0 Å². The molecule has 0 radical (unpaired) electrons.